The highest BCUT2D eigenvalue weighted by Gasteiger charge is 2.41. The van der Waals surface area contributed by atoms with Gasteiger partial charge in [-0.25, -0.2) is 15.0 Å². The van der Waals surface area contributed by atoms with Crippen molar-refractivity contribution in [2.45, 2.75) is 44.5 Å². The van der Waals surface area contributed by atoms with E-state index in [0.717, 1.165) is 11.3 Å². The van der Waals surface area contributed by atoms with Gasteiger partial charge in [0.15, 0.2) is 29.0 Å². The van der Waals surface area contributed by atoms with E-state index < -0.39 is 37.1 Å². The third kappa shape index (κ3) is 5.55. The van der Waals surface area contributed by atoms with E-state index >= 15 is 0 Å². The second-order valence-electron chi connectivity index (χ2n) is 8.80. The van der Waals surface area contributed by atoms with Crippen LogP contribution in [0.15, 0.2) is 49.2 Å². The Morgan fingerprint density at radius 3 is 2.82 bits per heavy atom. The first kappa shape index (κ1) is 25.5. The Balaban J connectivity index is 1.48. The SMILES string of the molecule is Cc1cncc(-c2nc(NCc3ccccn3)c3ncn([C@@H]4O[C@H](C(=O)NCC(F)(F)F)C[C@H]4O)c3n2)c1. The van der Waals surface area contributed by atoms with Crippen LogP contribution in [0, 0.1) is 6.92 Å². The third-order valence-corrected chi connectivity index (χ3v) is 5.84. The first-order valence-electron chi connectivity index (χ1n) is 11.7. The van der Waals surface area contributed by atoms with Gasteiger partial charge in [0, 0.05) is 30.6 Å². The number of fused-ring (bicyclic) bond motifs is 1. The molecule has 0 aliphatic carbocycles. The zero-order valence-electron chi connectivity index (χ0n) is 20.1. The van der Waals surface area contributed by atoms with Crippen molar-refractivity contribution in [3.8, 4) is 11.4 Å². The molecule has 0 aromatic carbocycles. The van der Waals surface area contributed by atoms with E-state index in [4.69, 9.17) is 4.74 Å². The summed E-state index contributed by atoms with van der Waals surface area (Å²) in [5.74, 6) is -0.249. The van der Waals surface area contributed by atoms with Crippen molar-refractivity contribution in [3.63, 3.8) is 0 Å². The summed E-state index contributed by atoms with van der Waals surface area (Å²) in [5.41, 5.74) is 2.95. The summed E-state index contributed by atoms with van der Waals surface area (Å²) in [4.78, 5) is 34.4. The van der Waals surface area contributed by atoms with E-state index in [9.17, 15) is 23.1 Å². The van der Waals surface area contributed by atoms with Crippen LogP contribution >= 0.6 is 0 Å². The largest absolute Gasteiger partial charge is 0.405 e. The number of ether oxygens (including phenoxy) is 1. The summed E-state index contributed by atoms with van der Waals surface area (Å²) >= 11 is 0. The first-order chi connectivity index (χ1) is 18.2. The number of halogens is 3. The predicted molar refractivity (Wildman–Crippen MR) is 128 cm³/mol. The van der Waals surface area contributed by atoms with Gasteiger partial charge in [0.2, 0.25) is 5.91 Å². The summed E-state index contributed by atoms with van der Waals surface area (Å²) in [6.07, 6.45) is -1.99. The lowest BCUT2D eigenvalue weighted by Gasteiger charge is -2.17. The van der Waals surface area contributed by atoms with Crippen LogP contribution in [0.5, 0.6) is 0 Å². The van der Waals surface area contributed by atoms with Gasteiger partial charge in [-0.05, 0) is 30.7 Å². The summed E-state index contributed by atoms with van der Waals surface area (Å²) in [6.45, 7) is 0.731. The standard InChI is InChI=1S/C24H23F3N8O3/c1-13-6-14(9-28-8-13)19-33-20(30-10-15-4-2-3-5-29-15)18-21(34-19)35(12-32-18)23-16(36)7-17(38-23)22(37)31-11-24(25,26)27/h2-6,8-9,12,16-17,23,36H,7,10-11H2,1H3,(H,31,37)(H,30,33,34)/t16-,17+,23-/m1/s1. The van der Waals surface area contributed by atoms with Gasteiger partial charge in [0.1, 0.15) is 18.8 Å². The maximum Gasteiger partial charge on any atom is 0.405 e. The van der Waals surface area contributed by atoms with Crippen molar-refractivity contribution < 1.29 is 27.8 Å². The van der Waals surface area contributed by atoms with Crippen molar-refractivity contribution in [3.05, 3.63) is 60.4 Å². The fourth-order valence-corrected chi connectivity index (χ4v) is 4.08. The molecule has 1 aliphatic rings. The van der Waals surface area contributed by atoms with Crippen LogP contribution < -0.4 is 10.6 Å². The lowest BCUT2D eigenvalue weighted by molar-refractivity contribution is -0.146. The van der Waals surface area contributed by atoms with Crippen LogP contribution in [0.4, 0.5) is 19.0 Å². The van der Waals surface area contributed by atoms with Crippen LogP contribution in [0.3, 0.4) is 0 Å². The molecule has 5 rings (SSSR count). The van der Waals surface area contributed by atoms with Crippen molar-refractivity contribution in [2.75, 3.05) is 11.9 Å². The van der Waals surface area contributed by atoms with Crippen LogP contribution in [-0.2, 0) is 16.1 Å². The van der Waals surface area contributed by atoms with Crippen LogP contribution in [0.2, 0.25) is 0 Å². The van der Waals surface area contributed by atoms with Gasteiger partial charge < -0.3 is 20.5 Å². The number of rotatable bonds is 7. The molecule has 1 aliphatic heterocycles. The summed E-state index contributed by atoms with van der Waals surface area (Å²) in [7, 11) is 0. The van der Waals surface area contributed by atoms with Crippen LogP contribution in [0.25, 0.3) is 22.6 Å². The lowest BCUT2D eigenvalue weighted by atomic mass is 10.2. The van der Waals surface area contributed by atoms with Gasteiger partial charge in [-0.15, -0.1) is 0 Å². The molecule has 0 unspecified atom stereocenters. The molecular formula is C24H23F3N8O3. The van der Waals surface area contributed by atoms with E-state index in [-0.39, 0.29) is 6.42 Å². The van der Waals surface area contributed by atoms with E-state index in [1.54, 1.807) is 30.0 Å². The van der Waals surface area contributed by atoms with Gasteiger partial charge in [0.05, 0.1) is 18.6 Å². The predicted octanol–water partition coefficient (Wildman–Crippen LogP) is 2.53. The van der Waals surface area contributed by atoms with E-state index in [1.807, 2.05) is 25.1 Å². The van der Waals surface area contributed by atoms with Crippen LogP contribution in [-0.4, -0.2) is 65.4 Å². The molecule has 14 heteroatoms. The number of carbonyl (C=O) groups is 1. The topological polar surface area (TPSA) is 140 Å². The number of nitrogens with one attached hydrogen (secondary N) is 2. The minimum Gasteiger partial charge on any atom is -0.388 e. The second kappa shape index (κ2) is 10.3. The number of aliphatic hydroxyl groups is 1. The lowest BCUT2D eigenvalue weighted by Crippen LogP contribution is -2.40. The molecule has 5 heterocycles. The monoisotopic (exact) mass is 528 g/mol. The van der Waals surface area contributed by atoms with Gasteiger partial charge in [-0.2, -0.15) is 13.2 Å². The Labute approximate surface area is 214 Å². The van der Waals surface area contributed by atoms with E-state index in [0.29, 0.717) is 34.9 Å². The fraction of sp³-hybridized carbons (Fsp3) is 0.333. The average molecular weight is 528 g/mol. The van der Waals surface area contributed by atoms with Crippen molar-refractivity contribution in [2.24, 2.45) is 0 Å². The number of aliphatic hydroxyl groups excluding tert-OH is 1. The molecule has 38 heavy (non-hydrogen) atoms. The molecule has 11 nitrogen and oxygen atoms in total. The molecular weight excluding hydrogens is 505 g/mol. The Kier molecular flexibility index (Phi) is 6.91. The Bertz CT molecular complexity index is 1450. The Morgan fingerprint density at radius 1 is 1.24 bits per heavy atom. The maximum absolute atomic E-state index is 12.5. The summed E-state index contributed by atoms with van der Waals surface area (Å²) in [5, 5.41) is 15.7. The summed E-state index contributed by atoms with van der Waals surface area (Å²) in [6, 6.07) is 7.38. The molecule has 0 radical (unpaired) electrons. The van der Waals surface area contributed by atoms with Crippen LogP contribution in [0.1, 0.15) is 23.9 Å². The highest BCUT2D eigenvalue weighted by Crippen LogP contribution is 2.33. The molecule has 3 N–H and O–H groups in total. The van der Waals surface area contributed by atoms with Crippen molar-refractivity contribution >= 4 is 22.9 Å². The maximum atomic E-state index is 12.5. The number of hydrogen-bond acceptors (Lipinski definition) is 9. The van der Waals surface area contributed by atoms with Gasteiger partial charge in [0.25, 0.3) is 0 Å². The summed E-state index contributed by atoms with van der Waals surface area (Å²) < 4.78 is 44.7. The Morgan fingerprint density at radius 2 is 2.08 bits per heavy atom. The van der Waals surface area contributed by atoms with Gasteiger partial charge in [-0.1, -0.05) is 6.07 Å². The third-order valence-electron chi connectivity index (χ3n) is 5.84. The van der Waals surface area contributed by atoms with Gasteiger partial charge >= 0.3 is 6.18 Å². The first-order valence-corrected chi connectivity index (χ1v) is 11.7. The Hall–Kier alpha value is -4.17. The quantitative estimate of drug-likeness (QED) is 0.330. The number of nitrogens with zero attached hydrogens (tertiary/aromatic N) is 6. The van der Waals surface area contributed by atoms with E-state index in [1.165, 1.54) is 10.9 Å². The van der Waals surface area contributed by atoms with E-state index in [2.05, 4.69) is 30.2 Å². The molecule has 4 aromatic rings. The average Bonchev–Trinajstić information content (AvgIpc) is 3.49. The number of carbonyl (C=O) groups excluding carboxylic acids is 1. The molecule has 1 saturated heterocycles. The number of alkyl halides is 3. The molecule has 0 saturated carbocycles. The number of amides is 1. The highest BCUT2D eigenvalue weighted by atomic mass is 19.4. The number of aryl methyl sites for hydroxylation is 1. The second-order valence-corrected chi connectivity index (χ2v) is 8.80. The van der Waals surface area contributed by atoms with Gasteiger partial charge in [-0.3, -0.25) is 19.3 Å². The normalized spacial score (nSPS) is 19.6. The highest BCUT2D eigenvalue weighted by molar-refractivity contribution is 5.85. The molecule has 3 atom stereocenters. The zero-order chi connectivity index (χ0) is 26.9. The number of pyridine rings is 2. The number of imidazole rings is 1. The fourth-order valence-electron chi connectivity index (χ4n) is 4.08. The smallest absolute Gasteiger partial charge is 0.388 e. The molecule has 0 bridgehead atoms. The molecule has 1 fully saturated rings. The minimum atomic E-state index is -4.57. The zero-order valence-corrected chi connectivity index (χ0v) is 20.1. The molecule has 198 valence electrons. The number of hydrogen-bond donors (Lipinski definition) is 3. The van der Waals surface area contributed by atoms with Crippen molar-refractivity contribution in [1.82, 2.24) is 34.8 Å². The number of aromatic nitrogens is 6. The molecule has 1 amide bonds. The van der Waals surface area contributed by atoms with Crippen molar-refractivity contribution in [1.29, 1.82) is 0 Å². The minimum absolute atomic E-state index is 0.196. The molecule has 0 spiro atoms. The molecule has 4 aromatic heterocycles. The number of anilines is 1.